The number of nitro benzene ring substituents is 1. The Morgan fingerprint density at radius 2 is 1.79 bits per heavy atom. The van der Waals surface area contributed by atoms with E-state index in [9.17, 15) is 15.2 Å². The average molecular weight is 477 g/mol. The van der Waals surface area contributed by atoms with Crippen molar-refractivity contribution in [3.05, 3.63) is 70.3 Å². The van der Waals surface area contributed by atoms with Gasteiger partial charge in [-0.3, -0.25) is 0 Å². The van der Waals surface area contributed by atoms with Crippen molar-refractivity contribution in [3.8, 4) is 11.5 Å². The molecule has 0 aliphatic carbocycles. The third-order valence-corrected chi connectivity index (χ3v) is 7.76. The third kappa shape index (κ3) is 8.53. The molecular weight excluding hydrogens is 449 g/mol. The number of rotatable bonds is 9. The molecule has 0 radical (unpaired) electrons. The first-order chi connectivity index (χ1) is 13.8. The van der Waals surface area contributed by atoms with E-state index in [0.717, 1.165) is 5.56 Å². The van der Waals surface area contributed by atoms with Crippen LogP contribution < -0.4 is 4.46 Å². The second-order valence-electron chi connectivity index (χ2n) is 7.71. The molecule has 0 spiro atoms. The van der Waals surface area contributed by atoms with E-state index in [4.69, 9.17) is 4.74 Å². The number of aliphatic hydroxyl groups is 1. The summed E-state index contributed by atoms with van der Waals surface area (Å²) in [6, 6.07) is 16.5. The number of aliphatic hydroxyl groups excluding tert-OH is 1. The zero-order valence-corrected chi connectivity index (χ0v) is 19.7. The number of hydrogen-bond acceptors (Lipinski definition) is 4. The molecule has 0 saturated heterocycles. The van der Waals surface area contributed by atoms with Crippen LogP contribution >= 0.6 is 0 Å². The summed E-state index contributed by atoms with van der Waals surface area (Å²) in [6.07, 6.45) is -0.221. The minimum atomic E-state index is -1.52. The zero-order valence-electron chi connectivity index (χ0n) is 17.0. The quantitative estimate of drug-likeness (QED) is 0.260. The van der Waals surface area contributed by atoms with Gasteiger partial charge in [-0.2, -0.15) is 0 Å². The number of nitro groups is 1. The fourth-order valence-electron chi connectivity index (χ4n) is 2.52. The molecule has 0 heterocycles. The Kier molecular flexibility index (Phi) is 9.09. The fourth-order valence-corrected chi connectivity index (χ4v) is 5.57. The van der Waals surface area contributed by atoms with Gasteiger partial charge in [0, 0.05) is 0 Å². The maximum absolute atomic E-state index is 11.4. The van der Waals surface area contributed by atoms with E-state index < -0.39 is 14.2 Å². The molecule has 0 saturated carbocycles. The number of nitrogens with zero attached hydrogens (tertiary/aromatic N) is 1. The normalized spacial score (nSPS) is 13.2. The van der Waals surface area contributed by atoms with Crippen LogP contribution in [-0.2, 0) is 11.3 Å². The Labute approximate surface area is 179 Å². The number of ether oxygens (including phenoxy) is 1. The molecule has 0 bridgehead atoms. The second-order valence-corrected chi connectivity index (χ2v) is 15.1. The minimum absolute atomic E-state index is 0.105. The van der Waals surface area contributed by atoms with Gasteiger partial charge in [-0.1, -0.05) is 0 Å². The van der Waals surface area contributed by atoms with E-state index in [2.05, 4.69) is 31.1 Å². The summed E-state index contributed by atoms with van der Waals surface area (Å²) in [5.74, 6) is 3.23. The van der Waals surface area contributed by atoms with Crippen molar-refractivity contribution in [1.82, 2.24) is 0 Å². The maximum atomic E-state index is 11.4. The van der Waals surface area contributed by atoms with Crippen LogP contribution in [-0.4, -0.2) is 45.8 Å². The molecule has 29 heavy (non-hydrogen) atoms. The van der Waals surface area contributed by atoms with Crippen LogP contribution in [0.2, 0.25) is 24.5 Å². The zero-order chi connectivity index (χ0) is 21.3. The molecule has 1 N–H and O–H groups in total. The van der Waals surface area contributed by atoms with Crippen LogP contribution in [0.1, 0.15) is 12.0 Å². The molecule has 2 rings (SSSR count). The summed E-state index contributed by atoms with van der Waals surface area (Å²) in [6.45, 7) is 7.10. The average Bonchev–Trinajstić information content (AvgIpc) is 2.67. The first-order valence-corrected chi connectivity index (χ1v) is 14.8. The molecule has 2 aromatic rings. The summed E-state index contributed by atoms with van der Waals surface area (Å²) >= 11 is -0.298. The predicted octanol–water partition coefficient (Wildman–Crippen LogP) is 3.56. The summed E-state index contributed by atoms with van der Waals surface area (Å²) in [5.41, 5.74) is 4.47. The molecule has 2 aromatic carbocycles. The van der Waals surface area contributed by atoms with Gasteiger partial charge in [-0.05, 0) is 0 Å². The molecule has 2 atom stereocenters. The number of para-hydroxylation sites is 1. The Balaban J connectivity index is 2.09. The first kappa shape index (κ1) is 23.3. The fraction of sp³-hybridized carbons (Fsp3) is 0.364. The van der Waals surface area contributed by atoms with Crippen molar-refractivity contribution in [2.75, 3.05) is 6.61 Å². The van der Waals surface area contributed by atoms with Gasteiger partial charge in [0.1, 0.15) is 0 Å². The van der Waals surface area contributed by atoms with E-state index in [-0.39, 0.29) is 37.0 Å². The SMILES string of the molecule is C[Si](C)(C)C#CC[C@@H]([Se]c1ccccc1[N+](=O)[O-])[C@H](O)COCc1ccccc1. The van der Waals surface area contributed by atoms with Crippen molar-refractivity contribution >= 4 is 33.2 Å². The monoisotopic (exact) mass is 477 g/mol. The van der Waals surface area contributed by atoms with Crippen molar-refractivity contribution < 1.29 is 14.8 Å². The number of hydrogen-bond donors (Lipinski definition) is 1. The van der Waals surface area contributed by atoms with E-state index in [0.29, 0.717) is 17.5 Å². The molecule has 5 nitrogen and oxygen atoms in total. The third-order valence-electron chi connectivity index (χ3n) is 3.94. The van der Waals surface area contributed by atoms with E-state index in [1.54, 1.807) is 18.2 Å². The van der Waals surface area contributed by atoms with Crippen LogP contribution in [0.5, 0.6) is 0 Å². The Bertz CT molecular complexity index is 858. The van der Waals surface area contributed by atoms with Crippen LogP contribution in [0.4, 0.5) is 5.69 Å². The summed E-state index contributed by atoms with van der Waals surface area (Å²) in [7, 11) is -1.52. The van der Waals surface area contributed by atoms with E-state index >= 15 is 0 Å². The standard InChI is InChI=1S/C22H27NO4SeSi/c1-29(2,3)15-9-14-22(28-21-13-8-7-12-19(21)23(25)26)20(24)17-27-16-18-10-5-4-6-11-18/h4-8,10-13,20,22,24H,14,16-17H2,1-3H3/t20-,22-/m1/s1. The van der Waals surface area contributed by atoms with Gasteiger partial charge in [-0.25, -0.2) is 0 Å². The molecule has 7 heteroatoms. The topological polar surface area (TPSA) is 72.6 Å². The van der Waals surface area contributed by atoms with Crippen molar-refractivity contribution in [3.63, 3.8) is 0 Å². The molecule has 0 amide bonds. The van der Waals surface area contributed by atoms with Crippen LogP contribution in [0.3, 0.4) is 0 Å². The first-order valence-electron chi connectivity index (χ1n) is 9.46. The molecular formula is C22H27NO4SeSi. The van der Waals surface area contributed by atoms with Gasteiger partial charge >= 0.3 is 180 Å². The van der Waals surface area contributed by atoms with Crippen LogP contribution in [0.25, 0.3) is 0 Å². The van der Waals surface area contributed by atoms with Crippen molar-refractivity contribution in [2.24, 2.45) is 0 Å². The van der Waals surface area contributed by atoms with Crippen LogP contribution in [0.15, 0.2) is 54.6 Å². The molecule has 0 aromatic heterocycles. The van der Waals surface area contributed by atoms with E-state index in [1.165, 1.54) is 6.07 Å². The van der Waals surface area contributed by atoms with Crippen LogP contribution in [0, 0.1) is 21.6 Å². The Morgan fingerprint density at radius 3 is 2.45 bits per heavy atom. The number of benzene rings is 2. The van der Waals surface area contributed by atoms with Gasteiger partial charge in [0.2, 0.25) is 0 Å². The summed E-state index contributed by atoms with van der Waals surface area (Å²) in [4.78, 5) is 10.8. The molecule has 0 aliphatic heterocycles. The van der Waals surface area contributed by atoms with Gasteiger partial charge in [0.15, 0.2) is 0 Å². The van der Waals surface area contributed by atoms with E-state index in [1.807, 2.05) is 30.3 Å². The van der Waals surface area contributed by atoms with Crippen molar-refractivity contribution in [1.29, 1.82) is 0 Å². The van der Waals surface area contributed by atoms with Gasteiger partial charge in [0.05, 0.1) is 0 Å². The molecule has 0 aliphatic rings. The Hall–Kier alpha value is -1.94. The molecule has 0 fully saturated rings. The van der Waals surface area contributed by atoms with Gasteiger partial charge in [-0.15, -0.1) is 0 Å². The summed E-state index contributed by atoms with van der Waals surface area (Å²) < 4.78 is 6.38. The Morgan fingerprint density at radius 1 is 1.14 bits per heavy atom. The van der Waals surface area contributed by atoms with Gasteiger partial charge in [0.25, 0.3) is 0 Å². The second kappa shape index (κ2) is 11.3. The van der Waals surface area contributed by atoms with Gasteiger partial charge < -0.3 is 0 Å². The molecule has 0 unspecified atom stereocenters. The summed E-state index contributed by atoms with van der Waals surface area (Å²) in [5, 5.41) is 22.1. The molecule has 154 valence electrons. The van der Waals surface area contributed by atoms with Crippen molar-refractivity contribution in [2.45, 2.75) is 43.6 Å². The predicted molar refractivity (Wildman–Crippen MR) is 120 cm³/mol.